The van der Waals surface area contributed by atoms with E-state index >= 15 is 0 Å². The van der Waals surface area contributed by atoms with Crippen molar-refractivity contribution in [1.82, 2.24) is 10.4 Å². The van der Waals surface area contributed by atoms with E-state index < -0.39 is 0 Å². The first-order chi connectivity index (χ1) is 10.5. The van der Waals surface area contributed by atoms with Gasteiger partial charge in [-0.25, -0.2) is 10.4 Å². The minimum absolute atomic E-state index is 0.00118. The van der Waals surface area contributed by atoms with Gasteiger partial charge in [-0.15, -0.1) is 0 Å². The van der Waals surface area contributed by atoms with E-state index in [1.165, 1.54) is 19.4 Å². The Bertz CT molecular complexity index is 712. The second-order valence-electron chi connectivity index (χ2n) is 4.31. The standard InChI is InChI=1S/C14H16N4O3S/c1-3-9-12(22-14(15)17-9)13(20)18-16-7-8-4-5-11(21-2)10(19)6-8/h4-7,19H,3H2,1-2H3,(H2,15,17)(H,18,20)/b16-7+. The molecule has 0 spiro atoms. The number of phenolic OH excluding ortho intramolecular Hbond substituents is 1. The topological polar surface area (TPSA) is 110 Å². The van der Waals surface area contributed by atoms with Crippen molar-refractivity contribution in [3.05, 3.63) is 34.3 Å². The number of nitrogens with zero attached hydrogens (tertiary/aromatic N) is 2. The molecule has 7 nitrogen and oxygen atoms in total. The van der Waals surface area contributed by atoms with Crippen LogP contribution in [0.4, 0.5) is 5.13 Å². The summed E-state index contributed by atoms with van der Waals surface area (Å²) in [4.78, 5) is 16.6. The molecule has 1 heterocycles. The number of nitrogens with one attached hydrogen (secondary N) is 1. The Labute approximate surface area is 131 Å². The summed E-state index contributed by atoms with van der Waals surface area (Å²) in [5.41, 5.74) is 9.30. The summed E-state index contributed by atoms with van der Waals surface area (Å²) in [5, 5.41) is 13.9. The van der Waals surface area contributed by atoms with Crippen LogP contribution in [0.2, 0.25) is 0 Å². The van der Waals surface area contributed by atoms with Gasteiger partial charge < -0.3 is 15.6 Å². The van der Waals surface area contributed by atoms with Crippen LogP contribution in [0.1, 0.15) is 27.9 Å². The number of aromatic nitrogens is 1. The van der Waals surface area contributed by atoms with E-state index in [1.807, 2.05) is 6.92 Å². The van der Waals surface area contributed by atoms with Crippen LogP contribution in [0.5, 0.6) is 11.5 Å². The fourth-order valence-corrected chi connectivity index (χ4v) is 2.60. The highest BCUT2D eigenvalue weighted by Gasteiger charge is 2.15. The molecule has 22 heavy (non-hydrogen) atoms. The molecule has 0 aliphatic carbocycles. The predicted octanol–water partition coefficient (Wildman–Crippen LogP) is 1.77. The molecular formula is C14H16N4O3S. The normalized spacial score (nSPS) is 10.8. The number of amides is 1. The molecule has 8 heteroatoms. The van der Waals surface area contributed by atoms with Crippen LogP contribution in [0.3, 0.4) is 0 Å². The van der Waals surface area contributed by atoms with Crippen LogP contribution in [-0.4, -0.2) is 29.3 Å². The fourth-order valence-electron chi connectivity index (χ4n) is 1.79. The highest BCUT2D eigenvalue weighted by molar-refractivity contribution is 7.17. The second kappa shape index (κ2) is 6.90. The third-order valence-electron chi connectivity index (χ3n) is 2.84. The number of benzene rings is 1. The van der Waals surface area contributed by atoms with Gasteiger partial charge in [0, 0.05) is 0 Å². The molecule has 0 atom stereocenters. The number of thiazole rings is 1. The number of hydrazone groups is 1. The third kappa shape index (κ3) is 3.53. The van der Waals surface area contributed by atoms with Crippen LogP contribution in [0, 0.1) is 0 Å². The van der Waals surface area contributed by atoms with Crippen molar-refractivity contribution in [2.24, 2.45) is 5.10 Å². The molecule has 0 saturated heterocycles. The molecule has 0 unspecified atom stereocenters. The zero-order chi connectivity index (χ0) is 16.1. The minimum atomic E-state index is -0.361. The molecule has 0 bridgehead atoms. The van der Waals surface area contributed by atoms with Gasteiger partial charge in [0.25, 0.3) is 5.91 Å². The Morgan fingerprint density at radius 3 is 3.00 bits per heavy atom. The van der Waals surface area contributed by atoms with E-state index in [0.29, 0.717) is 33.4 Å². The molecule has 0 aliphatic rings. The lowest BCUT2D eigenvalue weighted by Crippen LogP contribution is -2.17. The molecule has 1 aromatic carbocycles. The van der Waals surface area contributed by atoms with Gasteiger partial charge in [0.05, 0.1) is 19.0 Å². The zero-order valence-corrected chi connectivity index (χ0v) is 13.0. The highest BCUT2D eigenvalue weighted by Crippen LogP contribution is 2.25. The number of nitrogen functional groups attached to an aromatic ring is 1. The van der Waals surface area contributed by atoms with Gasteiger partial charge in [0.1, 0.15) is 4.88 Å². The summed E-state index contributed by atoms with van der Waals surface area (Å²) in [7, 11) is 1.47. The highest BCUT2D eigenvalue weighted by atomic mass is 32.1. The Morgan fingerprint density at radius 2 is 2.36 bits per heavy atom. The number of rotatable bonds is 5. The lowest BCUT2D eigenvalue weighted by atomic mass is 10.2. The van der Waals surface area contributed by atoms with Crippen molar-refractivity contribution in [1.29, 1.82) is 0 Å². The number of hydrogen-bond donors (Lipinski definition) is 3. The van der Waals surface area contributed by atoms with Crippen LogP contribution in [-0.2, 0) is 6.42 Å². The lowest BCUT2D eigenvalue weighted by molar-refractivity contribution is 0.0958. The predicted molar refractivity (Wildman–Crippen MR) is 85.6 cm³/mol. The monoisotopic (exact) mass is 320 g/mol. The van der Waals surface area contributed by atoms with Gasteiger partial charge in [-0.3, -0.25) is 4.79 Å². The lowest BCUT2D eigenvalue weighted by Gasteiger charge is -2.03. The maximum absolute atomic E-state index is 12.0. The Balaban J connectivity index is 2.05. The Hall–Kier alpha value is -2.61. The van der Waals surface area contributed by atoms with E-state index in [4.69, 9.17) is 10.5 Å². The summed E-state index contributed by atoms with van der Waals surface area (Å²) in [6.07, 6.45) is 2.04. The quantitative estimate of drug-likeness (QED) is 0.574. The molecule has 2 aromatic rings. The molecule has 1 aromatic heterocycles. The number of anilines is 1. The third-order valence-corrected chi connectivity index (χ3v) is 3.76. The van der Waals surface area contributed by atoms with Crippen LogP contribution < -0.4 is 15.9 Å². The molecule has 0 saturated carbocycles. The summed E-state index contributed by atoms with van der Waals surface area (Å²) >= 11 is 1.12. The van der Waals surface area contributed by atoms with E-state index in [-0.39, 0.29) is 11.7 Å². The molecule has 116 valence electrons. The number of carbonyl (C=O) groups is 1. The molecule has 1 amide bonds. The number of ether oxygens (including phenoxy) is 1. The average Bonchev–Trinajstić information content (AvgIpc) is 2.88. The fraction of sp³-hybridized carbons (Fsp3) is 0.214. The van der Waals surface area contributed by atoms with Gasteiger partial charge in [-0.05, 0) is 30.2 Å². The minimum Gasteiger partial charge on any atom is -0.504 e. The van der Waals surface area contributed by atoms with Crippen molar-refractivity contribution in [2.45, 2.75) is 13.3 Å². The summed E-state index contributed by atoms with van der Waals surface area (Å²) in [6.45, 7) is 1.90. The van der Waals surface area contributed by atoms with Gasteiger partial charge in [0.2, 0.25) is 0 Å². The van der Waals surface area contributed by atoms with Crippen molar-refractivity contribution in [3.8, 4) is 11.5 Å². The SMILES string of the molecule is CCc1nc(N)sc1C(=O)N/N=C/c1ccc(OC)c(O)c1. The number of aromatic hydroxyl groups is 1. The molecule has 2 rings (SSSR count). The number of carbonyl (C=O) groups excluding carboxylic acids is 1. The van der Waals surface area contributed by atoms with Crippen molar-refractivity contribution >= 4 is 28.6 Å². The smallest absolute Gasteiger partial charge is 0.283 e. The van der Waals surface area contributed by atoms with Gasteiger partial charge in [-0.1, -0.05) is 18.3 Å². The molecule has 0 aliphatic heterocycles. The molecule has 4 N–H and O–H groups in total. The van der Waals surface area contributed by atoms with Crippen LogP contribution in [0.15, 0.2) is 23.3 Å². The summed E-state index contributed by atoms with van der Waals surface area (Å²) in [5.74, 6) is 0.00946. The first kappa shape index (κ1) is 15.8. The first-order valence-corrected chi connectivity index (χ1v) is 7.32. The van der Waals surface area contributed by atoms with Crippen molar-refractivity contribution < 1.29 is 14.6 Å². The summed E-state index contributed by atoms with van der Waals surface area (Å²) < 4.78 is 4.95. The Morgan fingerprint density at radius 1 is 1.59 bits per heavy atom. The number of aryl methyl sites for hydroxylation is 1. The number of nitrogens with two attached hydrogens (primary N) is 1. The number of phenols is 1. The van der Waals surface area contributed by atoms with Gasteiger partial charge >= 0.3 is 0 Å². The van der Waals surface area contributed by atoms with Crippen molar-refractivity contribution in [2.75, 3.05) is 12.8 Å². The van der Waals surface area contributed by atoms with Crippen LogP contribution in [0.25, 0.3) is 0 Å². The maximum atomic E-state index is 12.0. The second-order valence-corrected chi connectivity index (χ2v) is 5.34. The van der Waals surface area contributed by atoms with E-state index in [2.05, 4.69) is 15.5 Å². The largest absolute Gasteiger partial charge is 0.504 e. The molecule has 0 fully saturated rings. The molecular weight excluding hydrogens is 304 g/mol. The van der Waals surface area contributed by atoms with Crippen LogP contribution >= 0.6 is 11.3 Å². The average molecular weight is 320 g/mol. The molecule has 0 radical (unpaired) electrons. The number of methoxy groups -OCH3 is 1. The van der Waals surface area contributed by atoms with E-state index in [9.17, 15) is 9.90 Å². The maximum Gasteiger partial charge on any atom is 0.283 e. The zero-order valence-electron chi connectivity index (χ0n) is 12.2. The first-order valence-electron chi connectivity index (χ1n) is 6.50. The van der Waals surface area contributed by atoms with E-state index in [1.54, 1.807) is 12.1 Å². The van der Waals surface area contributed by atoms with Gasteiger partial charge in [0.15, 0.2) is 16.6 Å². The van der Waals surface area contributed by atoms with Gasteiger partial charge in [-0.2, -0.15) is 5.10 Å². The van der Waals surface area contributed by atoms with Crippen molar-refractivity contribution in [3.63, 3.8) is 0 Å². The number of hydrogen-bond acceptors (Lipinski definition) is 7. The van der Waals surface area contributed by atoms with E-state index in [0.717, 1.165) is 11.3 Å². The Kier molecular flexibility index (Phi) is 4.95. The summed E-state index contributed by atoms with van der Waals surface area (Å²) in [6, 6.07) is 4.80.